The smallest absolute Gasteiger partial charge is 0.234 e. The summed E-state index contributed by atoms with van der Waals surface area (Å²) >= 11 is 0. The third kappa shape index (κ3) is 4.13. The van der Waals surface area contributed by atoms with Gasteiger partial charge < -0.3 is 15.8 Å². The molecular weight excluding hydrogens is 240 g/mol. The molecule has 0 saturated carbocycles. The van der Waals surface area contributed by atoms with Gasteiger partial charge in [0, 0.05) is 12.2 Å². The molecule has 2 rings (SSSR count). The van der Waals surface area contributed by atoms with E-state index in [-0.39, 0.29) is 6.10 Å². The van der Waals surface area contributed by atoms with E-state index >= 15 is 0 Å². The van der Waals surface area contributed by atoms with Gasteiger partial charge in [-0.2, -0.15) is 4.98 Å². The number of nitrogens with two attached hydrogens (primary N) is 1. The van der Waals surface area contributed by atoms with Gasteiger partial charge in [0.15, 0.2) is 0 Å². The predicted molar refractivity (Wildman–Crippen MR) is 76.0 cm³/mol. The summed E-state index contributed by atoms with van der Waals surface area (Å²) in [6, 6.07) is 7.70. The number of rotatable bonds is 5. The Morgan fingerprint density at radius 1 is 1.21 bits per heavy atom. The fourth-order valence-electron chi connectivity index (χ4n) is 1.56. The number of nitrogen functional groups attached to an aromatic ring is 1. The molecule has 1 aromatic carbocycles. The third-order valence-corrected chi connectivity index (χ3v) is 2.42. The lowest BCUT2D eigenvalue weighted by Gasteiger charge is -2.10. The van der Waals surface area contributed by atoms with Crippen LogP contribution in [0.2, 0.25) is 0 Å². The van der Waals surface area contributed by atoms with E-state index in [1.54, 1.807) is 12.4 Å². The Morgan fingerprint density at radius 2 is 1.95 bits per heavy atom. The topological polar surface area (TPSA) is 73.1 Å². The van der Waals surface area contributed by atoms with Crippen LogP contribution in [0, 0.1) is 0 Å². The number of aromatic nitrogens is 2. The number of hydrogen-bond acceptors (Lipinski definition) is 5. The van der Waals surface area contributed by atoms with Crippen LogP contribution in [0.15, 0.2) is 36.7 Å². The monoisotopic (exact) mass is 258 g/mol. The van der Waals surface area contributed by atoms with Gasteiger partial charge in [0.1, 0.15) is 5.82 Å². The minimum absolute atomic E-state index is 0.0849. The maximum atomic E-state index is 5.64. The first-order chi connectivity index (χ1) is 9.13. The van der Waals surface area contributed by atoms with Crippen LogP contribution in [0.25, 0.3) is 0 Å². The normalized spacial score (nSPS) is 10.5. The second-order valence-corrected chi connectivity index (χ2v) is 4.50. The molecule has 0 spiro atoms. The van der Waals surface area contributed by atoms with Crippen molar-refractivity contribution in [2.45, 2.75) is 26.5 Å². The molecule has 0 fully saturated rings. The average Bonchev–Trinajstić information content (AvgIpc) is 2.38. The van der Waals surface area contributed by atoms with E-state index in [1.165, 1.54) is 0 Å². The van der Waals surface area contributed by atoms with Gasteiger partial charge in [0.2, 0.25) is 5.88 Å². The Balaban J connectivity index is 1.97. The second kappa shape index (κ2) is 6.04. The van der Waals surface area contributed by atoms with Crippen molar-refractivity contribution in [1.82, 2.24) is 9.97 Å². The molecule has 1 heterocycles. The zero-order valence-corrected chi connectivity index (χ0v) is 11.1. The summed E-state index contributed by atoms with van der Waals surface area (Å²) in [5.41, 5.74) is 7.53. The highest BCUT2D eigenvalue weighted by Gasteiger charge is 2.02. The van der Waals surface area contributed by atoms with Crippen molar-refractivity contribution in [3.63, 3.8) is 0 Å². The molecule has 0 atom stereocenters. The van der Waals surface area contributed by atoms with Gasteiger partial charge in [0.05, 0.1) is 18.5 Å². The molecule has 1 aromatic heterocycles. The molecule has 0 radical (unpaired) electrons. The van der Waals surface area contributed by atoms with E-state index in [0.29, 0.717) is 18.2 Å². The lowest BCUT2D eigenvalue weighted by molar-refractivity contribution is 0.232. The highest BCUT2D eigenvalue weighted by molar-refractivity contribution is 5.41. The average molecular weight is 258 g/mol. The molecule has 0 aliphatic carbocycles. The summed E-state index contributed by atoms with van der Waals surface area (Å²) in [5.74, 6) is 1.22. The molecular formula is C14H18N4O. The van der Waals surface area contributed by atoms with Crippen LogP contribution >= 0.6 is 0 Å². The molecule has 100 valence electrons. The van der Waals surface area contributed by atoms with Crippen LogP contribution in [-0.4, -0.2) is 16.1 Å². The van der Waals surface area contributed by atoms with Gasteiger partial charge in [0.25, 0.3) is 0 Å². The summed E-state index contributed by atoms with van der Waals surface area (Å²) < 4.78 is 5.49. The minimum Gasteiger partial charge on any atom is -0.474 e. The molecule has 3 N–H and O–H groups in total. The SMILES string of the molecule is CC(C)Oc1cncc(NCc2ccc(N)cc2)n1. The Labute approximate surface area is 112 Å². The lowest BCUT2D eigenvalue weighted by atomic mass is 10.2. The summed E-state index contributed by atoms with van der Waals surface area (Å²) in [4.78, 5) is 8.42. The van der Waals surface area contributed by atoms with Crippen LogP contribution in [0.4, 0.5) is 11.5 Å². The molecule has 19 heavy (non-hydrogen) atoms. The number of anilines is 2. The Kier molecular flexibility index (Phi) is 4.18. The van der Waals surface area contributed by atoms with E-state index in [0.717, 1.165) is 11.3 Å². The highest BCUT2D eigenvalue weighted by Crippen LogP contribution is 2.12. The van der Waals surface area contributed by atoms with Crippen molar-refractivity contribution in [3.8, 4) is 5.88 Å². The molecule has 0 bridgehead atoms. The van der Waals surface area contributed by atoms with E-state index in [1.807, 2.05) is 38.1 Å². The number of ether oxygens (including phenoxy) is 1. The minimum atomic E-state index is 0.0849. The van der Waals surface area contributed by atoms with E-state index in [4.69, 9.17) is 10.5 Å². The van der Waals surface area contributed by atoms with Crippen molar-refractivity contribution in [1.29, 1.82) is 0 Å². The van der Waals surface area contributed by atoms with Crippen LogP contribution < -0.4 is 15.8 Å². The largest absolute Gasteiger partial charge is 0.474 e. The van der Waals surface area contributed by atoms with Gasteiger partial charge in [-0.3, -0.25) is 4.98 Å². The van der Waals surface area contributed by atoms with Crippen molar-refractivity contribution < 1.29 is 4.74 Å². The van der Waals surface area contributed by atoms with Crippen molar-refractivity contribution in [3.05, 3.63) is 42.2 Å². The van der Waals surface area contributed by atoms with Crippen LogP contribution in [-0.2, 0) is 6.54 Å². The van der Waals surface area contributed by atoms with Gasteiger partial charge >= 0.3 is 0 Å². The molecule has 0 aliphatic rings. The van der Waals surface area contributed by atoms with Gasteiger partial charge in [-0.25, -0.2) is 0 Å². The molecule has 0 unspecified atom stereocenters. The summed E-state index contributed by atoms with van der Waals surface area (Å²) in [7, 11) is 0. The first-order valence-corrected chi connectivity index (χ1v) is 6.20. The third-order valence-electron chi connectivity index (χ3n) is 2.42. The lowest BCUT2D eigenvalue weighted by Crippen LogP contribution is -2.09. The van der Waals surface area contributed by atoms with Crippen LogP contribution in [0.5, 0.6) is 5.88 Å². The molecule has 0 saturated heterocycles. The van der Waals surface area contributed by atoms with Gasteiger partial charge in [-0.05, 0) is 31.5 Å². The van der Waals surface area contributed by atoms with Crippen molar-refractivity contribution in [2.75, 3.05) is 11.1 Å². The van der Waals surface area contributed by atoms with E-state index in [9.17, 15) is 0 Å². The molecule has 0 aliphatic heterocycles. The number of benzene rings is 1. The maximum Gasteiger partial charge on any atom is 0.234 e. The number of nitrogens with one attached hydrogen (secondary N) is 1. The fraction of sp³-hybridized carbons (Fsp3) is 0.286. The summed E-state index contributed by atoms with van der Waals surface area (Å²) in [6.07, 6.45) is 3.36. The van der Waals surface area contributed by atoms with Gasteiger partial charge in [-0.15, -0.1) is 0 Å². The Bertz CT molecular complexity index is 525. The van der Waals surface area contributed by atoms with E-state index < -0.39 is 0 Å². The molecule has 5 nitrogen and oxygen atoms in total. The van der Waals surface area contributed by atoms with Crippen molar-refractivity contribution >= 4 is 11.5 Å². The van der Waals surface area contributed by atoms with E-state index in [2.05, 4.69) is 15.3 Å². The zero-order chi connectivity index (χ0) is 13.7. The first-order valence-electron chi connectivity index (χ1n) is 6.20. The second-order valence-electron chi connectivity index (χ2n) is 4.50. The molecule has 5 heteroatoms. The van der Waals surface area contributed by atoms with Crippen molar-refractivity contribution in [2.24, 2.45) is 0 Å². The van der Waals surface area contributed by atoms with Gasteiger partial charge in [-0.1, -0.05) is 12.1 Å². The highest BCUT2D eigenvalue weighted by atomic mass is 16.5. The molecule has 2 aromatic rings. The zero-order valence-electron chi connectivity index (χ0n) is 11.1. The predicted octanol–water partition coefficient (Wildman–Crippen LogP) is 2.46. The summed E-state index contributed by atoms with van der Waals surface area (Å²) in [5, 5.41) is 3.20. The Morgan fingerprint density at radius 3 is 2.63 bits per heavy atom. The quantitative estimate of drug-likeness (QED) is 0.806. The Hall–Kier alpha value is -2.30. The number of nitrogens with zero attached hydrogens (tertiary/aromatic N) is 2. The first kappa shape index (κ1) is 13.1. The standard InChI is InChI=1S/C14H18N4O/c1-10(2)19-14-9-16-8-13(18-14)17-7-11-3-5-12(15)6-4-11/h3-6,8-10H,7,15H2,1-2H3,(H,17,18). The van der Waals surface area contributed by atoms with Crippen LogP contribution in [0.1, 0.15) is 19.4 Å². The van der Waals surface area contributed by atoms with Crippen LogP contribution in [0.3, 0.4) is 0 Å². The summed E-state index contributed by atoms with van der Waals surface area (Å²) in [6.45, 7) is 4.58. The number of hydrogen-bond donors (Lipinski definition) is 2. The molecule has 0 amide bonds. The fourth-order valence-corrected chi connectivity index (χ4v) is 1.56. The maximum absolute atomic E-state index is 5.64.